The van der Waals surface area contributed by atoms with E-state index < -0.39 is 10.0 Å². The first kappa shape index (κ1) is 14.5. The Bertz CT molecular complexity index is 557. The monoisotopic (exact) mass is 284 g/mol. The molecular formula is C13H20N2O3S. The molecule has 0 amide bonds. The summed E-state index contributed by atoms with van der Waals surface area (Å²) in [7, 11) is -3.44. The van der Waals surface area contributed by atoms with Gasteiger partial charge in [-0.15, -0.1) is 0 Å². The summed E-state index contributed by atoms with van der Waals surface area (Å²) in [5.41, 5.74) is 7.24. The predicted octanol–water partition coefficient (Wildman–Crippen LogP) is 0.863. The Morgan fingerprint density at radius 3 is 2.79 bits per heavy atom. The average Bonchev–Trinajstić information content (AvgIpc) is 2.38. The van der Waals surface area contributed by atoms with Gasteiger partial charge in [-0.2, -0.15) is 4.31 Å². The van der Waals surface area contributed by atoms with E-state index in [0.717, 1.165) is 11.1 Å². The lowest BCUT2D eigenvalue weighted by atomic mass is 10.1. The van der Waals surface area contributed by atoms with Gasteiger partial charge in [0.25, 0.3) is 0 Å². The molecule has 106 valence electrons. The van der Waals surface area contributed by atoms with Gasteiger partial charge in [0.1, 0.15) is 0 Å². The minimum Gasteiger partial charge on any atom is -0.376 e. The van der Waals surface area contributed by atoms with Gasteiger partial charge in [0.15, 0.2) is 0 Å². The number of rotatable bonds is 3. The van der Waals surface area contributed by atoms with Gasteiger partial charge in [0, 0.05) is 19.6 Å². The highest BCUT2D eigenvalue weighted by molar-refractivity contribution is 7.89. The molecule has 1 fully saturated rings. The highest BCUT2D eigenvalue weighted by Crippen LogP contribution is 2.22. The second-order valence-electron chi connectivity index (χ2n) is 4.85. The molecular weight excluding hydrogens is 264 g/mol. The van der Waals surface area contributed by atoms with Crippen LogP contribution in [-0.4, -0.2) is 38.5 Å². The van der Waals surface area contributed by atoms with E-state index in [9.17, 15) is 8.42 Å². The fraction of sp³-hybridized carbons (Fsp3) is 0.538. The first-order chi connectivity index (χ1) is 8.95. The fourth-order valence-corrected chi connectivity index (χ4v) is 3.98. The summed E-state index contributed by atoms with van der Waals surface area (Å²) in [5.74, 6) is 0. The molecule has 1 heterocycles. The van der Waals surface area contributed by atoms with Crippen molar-refractivity contribution in [3.8, 4) is 0 Å². The normalized spacial score (nSPS) is 21.5. The van der Waals surface area contributed by atoms with Gasteiger partial charge < -0.3 is 10.5 Å². The van der Waals surface area contributed by atoms with Crippen LogP contribution in [0.2, 0.25) is 0 Å². The molecule has 0 spiro atoms. The zero-order chi connectivity index (χ0) is 14.0. The van der Waals surface area contributed by atoms with Gasteiger partial charge in [-0.05, 0) is 31.0 Å². The van der Waals surface area contributed by atoms with Crippen LogP contribution in [-0.2, 0) is 21.3 Å². The average molecular weight is 284 g/mol. The second-order valence-corrected chi connectivity index (χ2v) is 6.75. The highest BCUT2D eigenvalue weighted by Gasteiger charge is 2.30. The topological polar surface area (TPSA) is 72.6 Å². The van der Waals surface area contributed by atoms with Crippen LogP contribution in [0.5, 0.6) is 0 Å². The van der Waals surface area contributed by atoms with Crippen molar-refractivity contribution in [2.75, 3.05) is 19.7 Å². The molecule has 0 saturated carbocycles. The molecule has 2 N–H and O–H groups in total. The van der Waals surface area contributed by atoms with Gasteiger partial charge in [0.05, 0.1) is 17.6 Å². The molecule has 0 aromatic heterocycles. The van der Waals surface area contributed by atoms with E-state index in [1.807, 2.05) is 13.0 Å². The third-order valence-corrected chi connectivity index (χ3v) is 5.32. The standard InChI is InChI=1S/C13H20N2O3S/c1-10-7-12(8-14)3-4-13(10)19(16,17)15-5-6-18-11(2)9-15/h3-4,7,11H,5-6,8-9,14H2,1-2H3. The van der Waals surface area contributed by atoms with E-state index in [1.54, 1.807) is 19.1 Å². The van der Waals surface area contributed by atoms with E-state index >= 15 is 0 Å². The largest absolute Gasteiger partial charge is 0.376 e. The zero-order valence-corrected chi connectivity index (χ0v) is 12.1. The second kappa shape index (κ2) is 5.58. The molecule has 1 saturated heterocycles. The number of ether oxygens (including phenoxy) is 1. The van der Waals surface area contributed by atoms with Gasteiger partial charge in [-0.25, -0.2) is 8.42 Å². The molecule has 1 aromatic carbocycles. The quantitative estimate of drug-likeness (QED) is 0.893. The maximum Gasteiger partial charge on any atom is 0.243 e. The molecule has 6 heteroatoms. The van der Waals surface area contributed by atoms with Crippen LogP contribution in [0.3, 0.4) is 0 Å². The number of sulfonamides is 1. The van der Waals surface area contributed by atoms with Crippen molar-refractivity contribution in [1.82, 2.24) is 4.31 Å². The molecule has 2 rings (SSSR count). The van der Waals surface area contributed by atoms with Crippen molar-refractivity contribution < 1.29 is 13.2 Å². The lowest BCUT2D eigenvalue weighted by molar-refractivity contribution is 0.0102. The van der Waals surface area contributed by atoms with E-state index in [2.05, 4.69) is 0 Å². The van der Waals surface area contributed by atoms with E-state index in [-0.39, 0.29) is 6.10 Å². The van der Waals surface area contributed by atoms with E-state index in [0.29, 0.717) is 31.1 Å². The molecule has 1 aromatic rings. The van der Waals surface area contributed by atoms with Crippen LogP contribution in [0.4, 0.5) is 0 Å². The van der Waals surface area contributed by atoms with Crippen molar-refractivity contribution in [3.05, 3.63) is 29.3 Å². The van der Waals surface area contributed by atoms with Crippen LogP contribution >= 0.6 is 0 Å². The summed E-state index contributed by atoms with van der Waals surface area (Å²) in [6.45, 7) is 5.35. The zero-order valence-electron chi connectivity index (χ0n) is 11.3. The van der Waals surface area contributed by atoms with Crippen LogP contribution in [0.15, 0.2) is 23.1 Å². The van der Waals surface area contributed by atoms with Crippen LogP contribution in [0.25, 0.3) is 0 Å². The van der Waals surface area contributed by atoms with E-state index in [4.69, 9.17) is 10.5 Å². The predicted molar refractivity (Wildman–Crippen MR) is 73.2 cm³/mol. The lowest BCUT2D eigenvalue weighted by Gasteiger charge is -2.30. The van der Waals surface area contributed by atoms with Crippen LogP contribution in [0.1, 0.15) is 18.1 Å². The van der Waals surface area contributed by atoms with Crippen molar-refractivity contribution >= 4 is 10.0 Å². The van der Waals surface area contributed by atoms with Gasteiger partial charge in [0.2, 0.25) is 10.0 Å². The highest BCUT2D eigenvalue weighted by atomic mass is 32.2. The fourth-order valence-electron chi connectivity index (χ4n) is 2.27. The summed E-state index contributed by atoms with van der Waals surface area (Å²) >= 11 is 0. The molecule has 1 unspecified atom stereocenters. The number of nitrogens with two attached hydrogens (primary N) is 1. The number of benzene rings is 1. The maximum atomic E-state index is 12.6. The third-order valence-electron chi connectivity index (χ3n) is 3.30. The molecule has 1 aliphatic heterocycles. The Hall–Kier alpha value is -0.950. The first-order valence-electron chi connectivity index (χ1n) is 6.36. The Morgan fingerprint density at radius 2 is 2.21 bits per heavy atom. The minimum atomic E-state index is -3.44. The van der Waals surface area contributed by atoms with Gasteiger partial charge >= 0.3 is 0 Å². The minimum absolute atomic E-state index is 0.0628. The Balaban J connectivity index is 2.33. The van der Waals surface area contributed by atoms with Crippen molar-refractivity contribution in [1.29, 1.82) is 0 Å². The number of hydrogen-bond acceptors (Lipinski definition) is 4. The summed E-state index contributed by atoms with van der Waals surface area (Å²) in [5, 5.41) is 0. The first-order valence-corrected chi connectivity index (χ1v) is 7.80. The molecule has 1 aliphatic rings. The molecule has 19 heavy (non-hydrogen) atoms. The summed E-state index contributed by atoms with van der Waals surface area (Å²) in [6, 6.07) is 5.24. The number of morpholine rings is 1. The molecule has 0 aliphatic carbocycles. The number of hydrogen-bond donors (Lipinski definition) is 1. The van der Waals surface area contributed by atoms with Crippen molar-refractivity contribution in [3.63, 3.8) is 0 Å². The van der Waals surface area contributed by atoms with Crippen molar-refractivity contribution in [2.45, 2.75) is 31.4 Å². The Labute approximate surface area is 114 Å². The molecule has 0 radical (unpaired) electrons. The SMILES string of the molecule is Cc1cc(CN)ccc1S(=O)(=O)N1CCOC(C)C1. The van der Waals surface area contributed by atoms with Crippen molar-refractivity contribution in [2.24, 2.45) is 5.73 Å². The molecule has 0 bridgehead atoms. The third kappa shape index (κ3) is 2.97. The Morgan fingerprint density at radius 1 is 1.47 bits per heavy atom. The lowest BCUT2D eigenvalue weighted by Crippen LogP contribution is -2.44. The summed E-state index contributed by atoms with van der Waals surface area (Å²) in [4.78, 5) is 0.360. The van der Waals surface area contributed by atoms with Crippen LogP contribution < -0.4 is 5.73 Å². The maximum absolute atomic E-state index is 12.6. The van der Waals surface area contributed by atoms with E-state index in [1.165, 1.54) is 4.31 Å². The Kier molecular flexibility index (Phi) is 4.25. The van der Waals surface area contributed by atoms with Crippen LogP contribution in [0, 0.1) is 6.92 Å². The smallest absolute Gasteiger partial charge is 0.243 e. The summed E-state index contributed by atoms with van der Waals surface area (Å²) < 4.78 is 32.1. The molecule has 5 nitrogen and oxygen atoms in total. The molecule has 1 atom stereocenters. The van der Waals surface area contributed by atoms with Gasteiger partial charge in [-0.1, -0.05) is 12.1 Å². The number of aryl methyl sites for hydroxylation is 1. The summed E-state index contributed by atoms with van der Waals surface area (Å²) in [6.07, 6.45) is -0.0628. The number of nitrogens with zero attached hydrogens (tertiary/aromatic N) is 1. The van der Waals surface area contributed by atoms with Gasteiger partial charge in [-0.3, -0.25) is 0 Å².